The third-order valence-electron chi connectivity index (χ3n) is 6.33. The van der Waals surface area contributed by atoms with Crippen LogP contribution in [0.15, 0.2) is 94.5 Å². The quantitative estimate of drug-likeness (QED) is 0.121. The van der Waals surface area contributed by atoms with Crippen LogP contribution in [0.4, 0.5) is 5.13 Å². The highest BCUT2D eigenvalue weighted by molar-refractivity contribution is 8.00. The molecule has 2 heterocycles. The second-order valence-corrected chi connectivity index (χ2v) is 11.4. The van der Waals surface area contributed by atoms with E-state index in [1.54, 1.807) is 24.3 Å². The molecular weight excluding hydrogens is 582 g/mol. The number of halogens is 1. The van der Waals surface area contributed by atoms with Gasteiger partial charge in [-0.1, -0.05) is 95.4 Å². The molecule has 1 N–H and O–H groups in total. The molecule has 0 spiro atoms. The summed E-state index contributed by atoms with van der Waals surface area (Å²) in [4.78, 5) is 28.3. The summed E-state index contributed by atoms with van der Waals surface area (Å²) < 4.78 is 11.4. The summed E-state index contributed by atoms with van der Waals surface area (Å²) in [6, 6.07) is 20.9. The Morgan fingerprint density at radius 1 is 1.05 bits per heavy atom. The van der Waals surface area contributed by atoms with Crippen LogP contribution in [0.2, 0.25) is 5.02 Å². The lowest BCUT2D eigenvalue weighted by atomic mass is 9.95. The summed E-state index contributed by atoms with van der Waals surface area (Å²) in [5.41, 5.74) is 2.19. The van der Waals surface area contributed by atoms with Crippen LogP contribution >= 0.6 is 34.7 Å². The van der Waals surface area contributed by atoms with Crippen molar-refractivity contribution in [3.8, 4) is 11.5 Å². The number of benzene rings is 3. The number of allylic oxidation sites excluding steroid dienone is 1. The SMILES string of the molecule is COc1ccc(C2C(C(=O)/C=C/c3ccccc3)=C(O)C(=O)N2c2nnc(SCc3ccccc3Cl)s2)cc1OC. The molecule has 8 nitrogen and oxygen atoms in total. The van der Waals surface area contributed by atoms with Crippen molar-refractivity contribution in [1.82, 2.24) is 10.2 Å². The normalized spacial score (nSPS) is 15.1. The monoisotopic (exact) mass is 605 g/mol. The van der Waals surface area contributed by atoms with E-state index >= 15 is 0 Å². The molecule has 0 aliphatic carbocycles. The summed E-state index contributed by atoms with van der Waals surface area (Å²) in [5.74, 6) is -0.471. The van der Waals surface area contributed by atoms with Gasteiger partial charge < -0.3 is 14.6 Å². The molecule has 1 aliphatic heterocycles. The Morgan fingerprint density at radius 3 is 2.51 bits per heavy atom. The highest BCUT2D eigenvalue weighted by Crippen LogP contribution is 2.45. The molecule has 41 heavy (non-hydrogen) atoms. The first-order valence-electron chi connectivity index (χ1n) is 12.4. The van der Waals surface area contributed by atoms with E-state index in [4.69, 9.17) is 21.1 Å². The van der Waals surface area contributed by atoms with Crippen LogP contribution in [0, 0.1) is 0 Å². The topological polar surface area (TPSA) is 102 Å². The molecular formula is C30H24ClN3O5S2. The van der Waals surface area contributed by atoms with Gasteiger partial charge in [-0.15, -0.1) is 10.2 Å². The molecule has 1 atom stereocenters. The van der Waals surface area contributed by atoms with E-state index < -0.39 is 23.5 Å². The van der Waals surface area contributed by atoms with Crippen molar-refractivity contribution in [1.29, 1.82) is 0 Å². The minimum atomic E-state index is -0.982. The maximum Gasteiger partial charge on any atom is 0.296 e. The molecule has 1 amide bonds. The fourth-order valence-corrected chi connectivity index (χ4v) is 6.48. The summed E-state index contributed by atoms with van der Waals surface area (Å²) in [6.07, 6.45) is 2.98. The van der Waals surface area contributed by atoms with Crippen molar-refractivity contribution in [2.24, 2.45) is 0 Å². The highest BCUT2D eigenvalue weighted by atomic mass is 35.5. The zero-order valence-electron chi connectivity index (χ0n) is 22.0. The van der Waals surface area contributed by atoms with Crippen LogP contribution in [0.5, 0.6) is 11.5 Å². The molecule has 0 fully saturated rings. The number of methoxy groups -OCH3 is 2. The third-order valence-corrected chi connectivity index (χ3v) is 8.81. The predicted octanol–water partition coefficient (Wildman–Crippen LogP) is 6.68. The zero-order chi connectivity index (χ0) is 28.9. The van der Waals surface area contributed by atoms with Crippen LogP contribution in [0.3, 0.4) is 0 Å². The van der Waals surface area contributed by atoms with E-state index in [9.17, 15) is 14.7 Å². The highest BCUT2D eigenvalue weighted by Gasteiger charge is 2.45. The van der Waals surface area contributed by atoms with Crippen molar-refractivity contribution >= 4 is 57.6 Å². The van der Waals surface area contributed by atoms with Crippen LogP contribution < -0.4 is 14.4 Å². The number of nitrogens with zero attached hydrogens (tertiary/aromatic N) is 3. The summed E-state index contributed by atoms with van der Waals surface area (Å²) >= 11 is 8.89. The Bertz CT molecular complexity index is 1650. The van der Waals surface area contributed by atoms with Gasteiger partial charge in [0.2, 0.25) is 5.13 Å². The lowest BCUT2D eigenvalue weighted by molar-refractivity contribution is -0.117. The maximum absolute atomic E-state index is 13.5. The number of amides is 1. The van der Waals surface area contributed by atoms with E-state index in [1.807, 2.05) is 54.6 Å². The molecule has 3 aromatic carbocycles. The van der Waals surface area contributed by atoms with Gasteiger partial charge in [0.15, 0.2) is 27.4 Å². The molecule has 1 unspecified atom stereocenters. The molecule has 0 bridgehead atoms. The van der Waals surface area contributed by atoms with Crippen LogP contribution in [-0.2, 0) is 15.3 Å². The fraction of sp³-hybridized carbons (Fsp3) is 0.133. The molecule has 208 valence electrons. The molecule has 11 heteroatoms. The maximum atomic E-state index is 13.5. The average molecular weight is 606 g/mol. The van der Waals surface area contributed by atoms with Gasteiger partial charge in [-0.05, 0) is 41.0 Å². The Morgan fingerprint density at radius 2 is 1.78 bits per heavy atom. The Labute approximate surface area is 249 Å². The second kappa shape index (κ2) is 12.6. The molecule has 1 aliphatic rings. The minimum Gasteiger partial charge on any atom is -0.503 e. The van der Waals surface area contributed by atoms with Crippen LogP contribution in [-0.4, -0.2) is 41.2 Å². The molecule has 5 rings (SSSR count). The molecule has 0 radical (unpaired) electrons. The first-order valence-corrected chi connectivity index (χ1v) is 14.5. The molecule has 0 saturated heterocycles. The van der Waals surface area contributed by atoms with E-state index in [0.717, 1.165) is 11.1 Å². The fourth-order valence-electron chi connectivity index (χ4n) is 4.33. The van der Waals surface area contributed by atoms with E-state index in [1.165, 1.54) is 48.3 Å². The lowest BCUT2D eigenvalue weighted by Gasteiger charge is -2.24. The Kier molecular flexibility index (Phi) is 8.72. The number of rotatable bonds is 10. The van der Waals surface area contributed by atoms with Crippen molar-refractivity contribution in [3.63, 3.8) is 0 Å². The number of thioether (sulfide) groups is 1. The van der Waals surface area contributed by atoms with E-state index in [2.05, 4.69) is 10.2 Å². The number of aliphatic hydroxyl groups excluding tert-OH is 1. The van der Waals surface area contributed by atoms with Crippen LogP contribution in [0.25, 0.3) is 6.08 Å². The van der Waals surface area contributed by atoms with Gasteiger partial charge in [0.25, 0.3) is 5.91 Å². The summed E-state index contributed by atoms with van der Waals surface area (Å²) in [7, 11) is 3.01. The number of aromatic nitrogens is 2. The summed E-state index contributed by atoms with van der Waals surface area (Å²) in [5, 5.41) is 20.4. The first kappa shape index (κ1) is 28.4. The van der Waals surface area contributed by atoms with Crippen molar-refractivity contribution in [2.75, 3.05) is 19.1 Å². The van der Waals surface area contributed by atoms with Gasteiger partial charge >= 0.3 is 0 Å². The number of hydrogen-bond acceptors (Lipinski definition) is 9. The third kappa shape index (κ3) is 6.00. The number of ether oxygens (including phenoxy) is 2. The van der Waals surface area contributed by atoms with Crippen molar-refractivity contribution in [3.05, 3.63) is 112 Å². The second-order valence-electron chi connectivity index (χ2n) is 8.79. The number of anilines is 1. The molecule has 4 aromatic rings. The van der Waals surface area contributed by atoms with E-state index in [-0.39, 0.29) is 10.7 Å². The Balaban J connectivity index is 1.51. The van der Waals surface area contributed by atoms with Crippen molar-refractivity contribution < 1.29 is 24.2 Å². The largest absolute Gasteiger partial charge is 0.503 e. The molecule has 1 aromatic heterocycles. The number of hydrogen-bond donors (Lipinski definition) is 1. The standard InChI is InChI=1S/C30H24ClN3O5S2/c1-38-23-15-13-19(16-24(23)39-2)26-25(22(35)14-12-18-8-4-3-5-9-18)27(36)28(37)34(26)29-32-33-30(41-29)40-17-20-10-6-7-11-21(20)31/h3-16,26,36H,17H2,1-2H3/b14-12+. The van der Waals surface area contributed by atoms with Gasteiger partial charge in [0.05, 0.1) is 25.8 Å². The number of aliphatic hydroxyl groups is 1. The average Bonchev–Trinajstić information content (AvgIpc) is 3.57. The number of carbonyl (C=O) groups excluding carboxylic acids is 2. The van der Waals surface area contributed by atoms with Gasteiger partial charge in [-0.25, -0.2) is 0 Å². The van der Waals surface area contributed by atoms with Crippen LogP contribution in [0.1, 0.15) is 22.7 Å². The predicted molar refractivity (Wildman–Crippen MR) is 161 cm³/mol. The number of carbonyl (C=O) groups is 2. The zero-order valence-corrected chi connectivity index (χ0v) is 24.4. The lowest BCUT2D eigenvalue weighted by Crippen LogP contribution is -2.30. The summed E-state index contributed by atoms with van der Waals surface area (Å²) in [6.45, 7) is 0. The number of ketones is 1. The smallest absolute Gasteiger partial charge is 0.296 e. The van der Waals surface area contributed by atoms with Gasteiger partial charge in [-0.2, -0.15) is 0 Å². The van der Waals surface area contributed by atoms with Gasteiger partial charge in [0, 0.05) is 10.8 Å². The Hall–Kier alpha value is -4.12. The van der Waals surface area contributed by atoms with E-state index in [0.29, 0.717) is 32.2 Å². The van der Waals surface area contributed by atoms with Gasteiger partial charge in [-0.3, -0.25) is 14.5 Å². The minimum absolute atomic E-state index is 0.0742. The van der Waals surface area contributed by atoms with Crippen molar-refractivity contribution in [2.45, 2.75) is 16.1 Å². The van der Waals surface area contributed by atoms with Gasteiger partial charge in [0.1, 0.15) is 0 Å². The first-order chi connectivity index (χ1) is 19.9. The molecule has 0 saturated carbocycles.